The number of thioether (sulfide) groups is 1. The molecule has 0 radical (unpaired) electrons. The van der Waals surface area contributed by atoms with Crippen molar-refractivity contribution in [1.29, 1.82) is 0 Å². The number of thiazole rings is 1. The third-order valence-electron chi connectivity index (χ3n) is 2.86. The Bertz CT molecular complexity index is 609. The Hall–Kier alpha value is -1.33. The third-order valence-corrected chi connectivity index (χ3v) is 4.94. The van der Waals surface area contributed by atoms with E-state index in [2.05, 4.69) is 4.98 Å². The summed E-state index contributed by atoms with van der Waals surface area (Å²) in [5.74, 6) is 1.60. The van der Waals surface area contributed by atoms with E-state index >= 15 is 0 Å². The highest BCUT2D eigenvalue weighted by Gasteiger charge is 2.26. The van der Waals surface area contributed by atoms with Gasteiger partial charge in [0.15, 0.2) is 11.9 Å². The average molecular weight is 291 g/mol. The molecule has 1 unspecified atom stereocenters. The maximum atomic E-state index is 12.2. The van der Waals surface area contributed by atoms with Crippen LogP contribution < -0.4 is 4.74 Å². The number of ketones is 1. The minimum atomic E-state index is -0.357. The Labute approximate surface area is 120 Å². The Morgan fingerprint density at radius 1 is 1.47 bits per heavy atom. The molecule has 0 N–H and O–H groups in total. The molecular formula is C14H13NO2S2. The Morgan fingerprint density at radius 3 is 3.11 bits per heavy atom. The summed E-state index contributed by atoms with van der Waals surface area (Å²) >= 11 is 3.21. The first-order valence-electron chi connectivity index (χ1n) is 6.04. The topological polar surface area (TPSA) is 39.2 Å². The molecule has 1 aliphatic heterocycles. The summed E-state index contributed by atoms with van der Waals surface area (Å²) in [5.41, 5.74) is 0.970. The quantitative estimate of drug-likeness (QED) is 0.871. The number of aromatic nitrogens is 1. The van der Waals surface area contributed by atoms with Gasteiger partial charge in [0, 0.05) is 21.7 Å². The van der Waals surface area contributed by atoms with Crippen LogP contribution in [0, 0.1) is 6.92 Å². The number of rotatable bonds is 3. The molecule has 1 atom stereocenters. The van der Waals surface area contributed by atoms with Crippen LogP contribution in [0.25, 0.3) is 0 Å². The van der Waals surface area contributed by atoms with Crippen molar-refractivity contribution in [3.05, 3.63) is 40.3 Å². The van der Waals surface area contributed by atoms with Gasteiger partial charge in [-0.25, -0.2) is 4.98 Å². The highest BCUT2D eigenvalue weighted by Crippen LogP contribution is 2.35. The molecule has 0 aliphatic carbocycles. The van der Waals surface area contributed by atoms with Crippen molar-refractivity contribution in [3.8, 4) is 5.75 Å². The standard InChI is InChI=1S/C14H13NO2S2/c1-9-7-19-14(15-9)6-10(16)12-8-18-13-5-3-2-4-11(13)17-12/h2-5,7,12H,6,8H2,1H3. The van der Waals surface area contributed by atoms with E-state index in [1.54, 1.807) is 11.8 Å². The minimum absolute atomic E-state index is 0.108. The maximum absolute atomic E-state index is 12.2. The fourth-order valence-electron chi connectivity index (χ4n) is 1.92. The molecule has 1 aliphatic rings. The normalized spacial score (nSPS) is 17.6. The van der Waals surface area contributed by atoms with Gasteiger partial charge in [-0.2, -0.15) is 0 Å². The highest BCUT2D eigenvalue weighted by atomic mass is 32.2. The summed E-state index contributed by atoms with van der Waals surface area (Å²) < 4.78 is 5.78. The van der Waals surface area contributed by atoms with Crippen LogP contribution in [0.3, 0.4) is 0 Å². The summed E-state index contributed by atoms with van der Waals surface area (Å²) in [7, 11) is 0. The predicted octanol–water partition coefficient (Wildman–Crippen LogP) is 3.12. The Morgan fingerprint density at radius 2 is 2.32 bits per heavy atom. The van der Waals surface area contributed by atoms with Gasteiger partial charge in [-0.15, -0.1) is 23.1 Å². The molecule has 0 saturated carbocycles. The first-order valence-corrected chi connectivity index (χ1v) is 7.91. The number of fused-ring (bicyclic) bond motifs is 1. The lowest BCUT2D eigenvalue weighted by molar-refractivity contribution is -0.124. The van der Waals surface area contributed by atoms with Gasteiger partial charge in [0.25, 0.3) is 0 Å². The zero-order chi connectivity index (χ0) is 13.2. The van der Waals surface area contributed by atoms with Crippen molar-refractivity contribution >= 4 is 28.9 Å². The molecule has 3 nitrogen and oxygen atoms in total. The molecule has 1 aromatic carbocycles. The molecule has 1 aromatic heterocycles. The van der Waals surface area contributed by atoms with E-state index in [0.717, 1.165) is 21.3 Å². The molecule has 3 rings (SSSR count). The fraction of sp³-hybridized carbons (Fsp3) is 0.286. The molecule has 98 valence electrons. The summed E-state index contributed by atoms with van der Waals surface area (Å²) in [6, 6.07) is 7.84. The van der Waals surface area contributed by atoms with Crippen LogP contribution in [0.15, 0.2) is 34.5 Å². The lowest BCUT2D eigenvalue weighted by atomic mass is 10.2. The smallest absolute Gasteiger partial charge is 0.180 e. The molecule has 0 spiro atoms. The second kappa shape index (κ2) is 5.35. The highest BCUT2D eigenvalue weighted by molar-refractivity contribution is 7.99. The van der Waals surface area contributed by atoms with Crippen LogP contribution in [0.4, 0.5) is 0 Å². The summed E-state index contributed by atoms with van der Waals surface area (Å²) in [5, 5.41) is 2.84. The molecule has 0 bridgehead atoms. The Balaban J connectivity index is 1.69. The van der Waals surface area contributed by atoms with Gasteiger partial charge in [-0.3, -0.25) is 4.79 Å². The van der Waals surface area contributed by atoms with E-state index < -0.39 is 0 Å². The number of benzene rings is 1. The number of Topliss-reactive ketones (excluding diaryl/α,β-unsaturated/α-hetero) is 1. The SMILES string of the molecule is Cc1csc(CC(=O)C2CSc3ccccc3O2)n1. The van der Waals surface area contributed by atoms with Gasteiger partial charge in [0.05, 0.1) is 6.42 Å². The summed E-state index contributed by atoms with van der Waals surface area (Å²) in [6.45, 7) is 1.94. The molecular weight excluding hydrogens is 278 g/mol. The van der Waals surface area contributed by atoms with Crippen LogP contribution in [0.1, 0.15) is 10.7 Å². The molecule has 0 amide bonds. The number of hydrogen-bond donors (Lipinski definition) is 0. The van der Waals surface area contributed by atoms with E-state index in [-0.39, 0.29) is 11.9 Å². The Kier molecular flexibility index (Phi) is 3.57. The van der Waals surface area contributed by atoms with Gasteiger partial charge in [0.1, 0.15) is 10.8 Å². The number of aryl methyl sites for hydroxylation is 1. The van der Waals surface area contributed by atoms with Crippen molar-refractivity contribution in [1.82, 2.24) is 4.98 Å². The largest absolute Gasteiger partial charge is 0.481 e. The number of nitrogens with zero attached hydrogens (tertiary/aromatic N) is 1. The molecule has 0 fully saturated rings. The van der Waals surface area contributed by atoms with E-state index in [9.17, 15) is 4.79 Å². The number of hydrogen-bond acceptors (Lipinski definition) is 5. The van der Waals surface area contributed by atoms with Crippen molar-refractivity contribution in [2.45, 2.75) is 24.3 Å². The number of para-hydroxylation sites is 1. The summed E-state index contributed by atoms with van der Waals surface area (Å²) in [4.78, 5) is 17.6. The van der Waals surface area contributed by atoms with Gasteiger partial charge < -0.3 is 4.74 Å². The van der Waals surface area contributed by atoms with Gasteiger partial charge >= 0.3 is 0 Å². The van der Waals surface area contributed by atoms with Gasteiger partial charge in [0.2, 0.25) is 0 Å². The van der Waals surface area contributed by atoms with E-state index in [1.807, 2.05) is 36.6 Å². The lowest BCUT2D eigenvalue weighted by Gasteiger charge is -2.24. The zero-order valence-electron chi connectivity index (χ0n) is 10.5. The first kappa shape index (κ1) is 12.7. The van der Waals surface area contributed by atoms with Crippen LogP contribution >= 0.6 is 23.1 Å². The van der Waals surface area contributed by atoms with E-state index in [4.69, 9.17) is 4.74 Å². The number of carbonyl (C=O) groups is 1. The average Bonchev–Trinajstić information content (AvgIpc) is 2.83. The molecule has 2 aromatic rings. The number of carbonyl (C=O) groups excluding carboxylic acids is 1. The monoisotopic (exact) mass is 291 g/mol. The minimum Gasteiger partial charge on any atom is -0.481 e. The van der Waals surface area contributed by atoms with E-state index in [0.29, 0.717) is 12.2 Å². The van der Waals surface area contributed by atoms with Gasteiger partial charge in [-0.1, -0.05) is 12.1 Å². The number of ether oxygens (including phenoxy) is 1. The van der Waals surface area contributed by atoms with Crippen molar-refractivity contribution in [2.75, 3.05) is 5.75 Å². The predicted molar refractivity (Wildman–Crippen MR) is 77.1 cm³/mol. The zero-order valence-corrected chi connectivity index (χ0v) is 12.1. The third kappa shape index (κ3) is 2.82. The van der Waals surface area contributed by atoms with Crippen molar-refractivity contribution in [3.63, 3.8) is 0 Å². The van der Waals surface area contributed by atoms with Crippen molar-refractivity contribution < 1.29 is 9.53 Å². The first-order chi connectivity index (χ1) is 9.22. The molecule has 2 heterocycles. The molecule has 19 heavy (non-hydrogen) atoms. The van der Waals surface area contributed by atoms with Crippen LogP contribution in [0.5, 0.6) is 5.75 Å². The summed E-state index contributed by atoms with van der Waals surface area (Å²) in [6.07, 6.45) is 0.00966. The van der Waals surface area contributed by atoms with Crippen LogP contribution in [-0.2, 0) is 11.2 Å². The van der Waals surface area contributed by atoms with Crippen LogP contribution in [0.2, 0.25) is 0 Å². The van der Waals surface area contributed by atoms with E-state index in [1.165, 1.54) is 11.3 Å². The molecule has 5 heteroatoms. The second-order valence-corrected chi connectivity index (χ2v) is 6.39. The van der Waals surface area contributed by atoms with Gasteiger partial charge in [-0.05, 0) is 19.1 Å². The lowest BCUT2D eigenvalue weighted by Crippen LogP contribution is -2.33. The molecule has 0 saturated heterocycles. The fourth-order valence-corrected chi connectivity index (χ4v) is 3.72. The van der Waals surface area contributed by atoms with Crippen LogP contribution in [-0.4, -0.2) is 22.6 Å². The van der Waals surface area contributed by atoms with Crippen molar-refractivity contribution in [2.24, 2.45) is 0 Å². The maximum Gasteiger partial charge on any atom is 0.180 e. The second-order valence-electron chi connectivity index (χ2n) is 4.39.